The number of aliphatic hydroxyl groups excluding tert-OH is 1. The second kappa shape index (κ2) is 65.4. The maximum atomic E-state index is 13.0. The van der Waals surface area contributed by atoms with E-state index < -0.39 is 97.5 Å². The van der Waals surface area contributed by atoms with Crippen LogP contribution in [0.1, 0.15) is 375 Å². The Hall–Kier alpha value is -1.94. The Morgan fingerprint density at radius 2 is 0.527 bits per heavy atom. The molecule has 0 aliphatic heterocycles. The number of hydrogen-bond acceptors (Lipinski definition) is 15. The highest BCUT2D eigenvalue weighted by Crippen LogP contribution is 2.45. The fourth-order valence-electron chi connectivity index (χ4n) is 11.0. The molecule has 0 radical (unpaired) electrons. The topological polar surface area (TPSA) is 237 Å². The van der Waals surface area contributed by atoms with Gasteiger partial charge in [0.15, 0.2) is 12.2 Å². The van der Waals surface area contributed by atoms with E-state index in [1.165, 1.54) is 193 Å². The van der Waals surface area contributed by atoms with Gasteiger partial charge in [0.1, 0.15) is 19.3 Å². The zero-order chi connectivity index (χ0) is 67.0. The molecule has 3 unspecified atom stereocenters. The van der Waals surface area contributed by atoms with Gasteiger partial charge in [0, 0.05) is 25.7 Å². The minimum absolute atomic E-state index is 0.107. The molecule has 0 heterocycles. The van der Waals surface area contributed by atoms with Gasteiger partial charge in [0.2, 0.25) is 0 Å². The van der Waals surface area contributed by atoms with Gasteiger partial charge in [0.05, 0.1) is 26.4 Å². The summed E-state index contributed by atoms with van der Waals surface area (Å²) in [5.41, 5.74) is 0. The lowest BCUT2D eigenvalue weighted by Gasteiger charge is -2.21. The minimum Gasteiger partial charge on any atom is -0.462 e. The number of carbonyl (C=O) groups is 4. The third-order valence-electron chi connectivity index (χ3n) is 17.1. The Bertz CT molecular complexity index is 1760. The molecule has 6 atom stereocenters. The van der Waals surface area contributed by atoms with Crippen molar-refractivity contribution in [2.75, 3.05) is 39.6 Å². The summed E-state index contributed by atoms with van der Waals surface area (Å²) < 4.78 is 68.3. The summed E-state index contributed by atoms with van der Waals surface area (Å²) in [6.45, 7) is 7.23. The van der Waals surface area contributed by atoms with Crippen LogP contribution in [0.15, 0.2) is 0 Å². The fraction of sp³-hybridized carbons (Fsp3) is 0.944. The number of phosphoric ester groups is 2. The number of esters is 4. The van der Waals surface area contributed by atoms with Crippen molar-refractivity contribution in [3.8, 4) is 0 Å². The Morgan fingerprint density at radius 3 is 0.780 bits per heavy atom. The first-order chi connectivity index (χ1) is 44.1. The molecule has 0 aromatic heterocycles. The summed E-state index contributed by atoms with van der Waals surface area (Å²) in [5, 5.41) is 10.6. The maximum absolute atomic E-state index is 13.0. The van der Waals surface area contributed by atoms with Crippen LogP contribution in [0.2, 0.25) is 0 Å². The molecule has 19 heteroatoms. The van der Waals surface area contributed by atoms with Crippen LogP contribution in [0.25, 0.3) is 0 Å². The summed E-state index contributed by atoms with van der Waals surface area (Å²) in [5.74, 6) is -1.35. The molecule has 0 fully saturated rings. The number of aliphatic hydroxyl groups is 1. The predicted molar refractivity (Wildman–Crippen MR) is 368 cm³/mol. The van der Waals surface area contributed by atoms with Crippen molar-refractivity contribution in [3.05, 3.63) is 0 Å². The number of hydrogen-bond donors (Lipinski definition) is 3. The van der Waals surface area contributed by atoms with Gasteiger partial charge in [-0.1, -0.05) is 324 Å². The Kier molecular flexibility index (Phi) is 64.0. The standard InChI is InChI=1S/C72H140O17P2/c1-6-10-13-16-19-22-24-25-26-27-28-29-30-31-32-34-36-43-48-53-58-72(77)89-68(62-83-70(75)56-51-46-41-38-37-39-44-49-54-65(5)9-4)64-87-91(80,81)85-60-66(73)59-84-90(78,79)86-63-67(61-82-69(74)55-50-45-40-21-18-15-12-8-3)88-71(76)57-52-47-42-35-33-23-20-17-14-11-7-2/h65-68,73H,6-64H2,1-5H3,(H,78,79)(H,80,81)/t65?,66-,67+,68+/m0/s1. The highest BCUT2D eigenvalue weighted by atomic mass is 31.2. The van der Waals surface area contributed by atoms with Gasteiger partial charge in [0.25, 0.3) is 0 Å². The first-order valence-electron chi connectivity index (χ1n) is 37.7. The Labute approximate surface area is 556 Å². The first-order valence-corrected chi connectivity index (χ1v) is 40.7. The van der Waals surface area contributed by atoms with Gasteiger partial charge >= 0.3 is 39.5 Å². The monoisotopic (exact) mass is 1340 g/mol. The minimum atomic E-state index is -4.95. The maximum Gasteiger partial charge on any atom is 0.472 e. The normalized spacial score (nSPS) is 14.3. The molecule has 0 aliphatic rings. The van der Waals surface area contributed by atoms with Crippen molar-refractivity contribution in [2.45, 2.75) is 393 Å². The lowest BCUT2D eigenvalue weighted by atomic mass is 9.99. The third-order valence-corrected chi connectivity index (χ3v) is 19.0. The molecule has 0 spiro atoms. The number of carbonyl (C=O) groups excluding carboxylic acids is 4. The third kappa shape index (κ3) is 65.1. The molecule has 0 rings (SSSR count). The average molecular weight is 1340 g/mol. The van der Waals surface area contributed by atoms with Crippen LogP contribution in [0.3, 0.4) is 0 Å². The first kappa shape index (κ1) is 89.1. The number of ether oxygens (including phenoxy) is 4. The van der Waals surface area contributed by atoms with Gasteiger partial charge in [-0.2, -0.15) is 0 Å². The van der Waals surface area contributed by atoms with E-state index in [1.807, 2.05) is 0 Å². The van der Waals surface area contributed by atoms with Crippen LogP contribution in [0.5, 0.6) is 0 Å². The molecule has 0 aromatic carbocycles. The van der Waals surface area contributed by atoms with Crippen LogP contribution in [0.4, 0.5) is 0 Å². The summed E-state index contributed by atoms with van der Waals surface area (Å²) in [6, 6.07) is 0. The quantitative estimate of drug-likeness (QED) is 0.0222. The van der Waals surface area contributed by atoms with Gasteiger partial charge in [-0.15, -0.1) is 0 Å². The second-order valence-electron chi connectivity index (χ2n) is 26.2. The number of rotatable bonds is 72. The highest BCUT2D eigenvalue weighted by Gasteiger charge is 2.30. The van der Waals surface area contributed by atoms with E-state index in [9.17, 15) is 43.2 Å². The van der Waals surface area contributed by atoms with Crippen molar-refractivity contribution in [3.63, 3.8) is 0 Å². The van der Waals surface area contributed by atoms with E-state index in [-0.39, 0.29) is 25.7 Å². The molecule has 0 bridgehead atoms. The molecule has 0 aromatic rings. The van der Waals surface area contributed by atoms with E-state index in [2.05, 4.69) is 34.6 Å². The van der Waals surface area contributed by atoms with Gasteiger partial charge in [-0.05, 0) is 31.6 Å². The SMILES string of the molecule is CCCCCCCCCCCCCCCCCCCCCCC(=O)O[C@H](COC(=O)CCCCCCCCCCC(C)CC)COP(=O)(O)OC[C@@H](O)COP(=O)(O)OC[C@@H](COC(=O)CCCCCCCCCC)OC(=O)CCCCCCCCCCCCC. The van der Waals surface area contributed by atoms with E-state index >= 15 is 0 Å². The number of unbranched alkanes of at least 4 members (excludes halogenated alkanes) is 43. The summed E-state index contributed by atoms with van der Waals surface area (Å²) >= 11 is 0. The van der Waals surface area contributed by atoms with E-state index in [4.69, 9.17) is 37.0 Å². The molecule has 0 saturated heterocycles. The molecule has 540 valence electrons. The van der Waals surface area contributed by atoms with Crippen LogP contribution in [0, 0.1) is 5.92 Å². The fourth-order valence-corrected chi connectivity index (χ4v) is 12.5. The zero-order valence-electron chi connectivity index (χ0n) is 59.0. The molecule has 17 nitrogen and oxygen atoms in total. The lowest BCUT2D eigenvalue weighted by molar-refractivity contribution is -0.161. The predicted octanol–water partition coefficient (Wildman–Crippen LogP) is 20.9. The number of phosphoric acid groups is 2. The highest BCUT2D eigenvalue weighted by molar-refractivity contribution is 7.47. The van der Waals surface area contributed by atoms with Crippen LogP contribution in [-0.4, -0.2) is 96.7 Å². The van der Waals surface area contributed by atoms with Crippen molar-refractivity contribution in [2.24, 2.45) is 5.92 Å². The summed E-state index contributed by atoms with van der Waals surface area (Å²) in [6.07, 6.45) is 52.8. The lowest BCUT2D eigenvalue weighted by Crippen LogP contribution is -2.30. The zero-order valence-corrected chi connectivity index (χ0v) is 60.8. The molecule has 3 N–H and O–H groups in total. The van der Waals surface area contributed by atoms with Gasteiger partial charge in [-0.3, -0.25) is 37.3 Å². The summed E-state index contributed by atoms with van der Waals surface area (Å²) in [7, 11) is -9.90. The molecule has 0 aliphatic carbocycles. The van der Waals surface area contributed by atoms with Gasteiger partial charge < -0.3 is 33.8 Å². The largest absolute Gasteiger partial charge is 0.472 e. The molecule has 0 amide bonds. The van der Waals surface area contributed by atoms with Crippen LogP contribution in [-0.2, 0) is 65.4 Å². The van der Waals surface area contributed by atoms with Crippen molar-refractivity contribution >= 4 is 39.5 Å². The Morgan fingerprint density at radius 1 is 0.308 bits per heavy atom. The van der Waals surface area contributed by atoms with E-state index in [0.717, 1.165) is 102 Å². The second-order valence-corrected chi connectivity index (χ2v) is 29.1. The van der Waals surface area contributed by atoms with Crippen molar-refractivity contribution in [1.82, 2.24) is 0 Å². The molecule has 0 saturated carbocycles. The smallest absolute Gasteiger partial charge is 0.462 e. The van der Waals surface area contributed by atoms with E-state index in [1.54, 1.807) is 0 Å². The Balaban J connectivity index is 5.18. The molecule has 91 heavy (non-hydrogen) atoms. The van der Waals surface area contributed by atoms with Crippen molar-refractivity contribution in [1.29, 1.82) is 0 Å². The molecular weight excluding hydrogens is 1200 g/mol. The van der Waals surface area contributed by atoms with Crippen LogP contribution < -0.4 is 0 Å². The van der Waals surface area contributed by atoms with Crippen molar-refractivity contribution < 1.29 is 80.2 Å². The summed E-state index contributed by atoms with van der Waals surface area (Å²) in [4.78, 5) is 72.5. The van der Waals surface area contributed by atoms with Gasteiger partial charge in [-0.25, -0.2) is 9.13 Å². The van der Waals surface area contributed by atoms with E-state index in [0.29, 0.717) is 25.7 Å². The van der Waals surface area contributed by atoms with Crippen LogP contribution >= 0.6 is 15.6 Å². The molecular formula is C72H140O17P2. The average Bonchev–Trinajstić information content (AvgIpc) is 3.73.